The molecule has 0 bridgehead atoms. The first-order valence-corrected chi connectivity index (χ1v) is 19.2. The minimum absolute atomic E-state index is 0.0463. The van der Waals surface area contributed by atoms with Crippen molar-refractivity contribution < 1.29 is 0 Å². The first kappa shape index (κ1) is 36.6. The lowest BCUT2D eigenvalue weighted by molar-refractivity contribution is 0.589. The molecule has 262 valence electrons. The van der Waals surface area contributed by atoms with Crippen molar-refractivity contribution >= 4 is 19.1 Å². The first-order chi connectivity index (χ1) is 24.3. The van der Waals surface area contributed by atoms with E-state index in [1.165, 1.54) is 61.4 Å². The Balaban J connectivity index is 1.55. The van der Waals surface area contributed by atoms with Crippen LogP contribution in [0, 0.1) is 0 Å². The predicted molar refractivity (Wildman–Crippen MR) is 221 cm³/mol. The zero-order chi connectivity index (χ0) is 36.5. The number of benzene rings is 3. The van der Waals surface area contributed by atoms with Crippen molar-refractivity contribution in [3.63, 3.8) is 0 Å². The second-order valence-electron chi connectivity index (χ2n) is 16.6. The fourth-order valence-corrected chi connectivity index (χ4v) is 7.57. The summed E-state index contributed by atoms with van der Waals surface area (Å²) in [4.78, 5) is 0. The average Bonchev–Trinajstić information content (AvgIpc) is 3.72. The monoisotopic (exact) mass is 672 g/mol. The van der Waals surface area contributed by atoms with E-state index >= 15 is 0 Å². The molecular weight excluding hydrogens is 615 g/mol. The standard InChI is InChI=1S/C48H57BN2/c1-10-13-40(46-42(35-18-14-32(11-2)15-19-35)31-44(51(46)49)37-20-16-33(12-3)17-21-37)45-41(34-22-26-38(27-23-34)47(4,5)6)30-43(50-45)36-24-28-39(29-25-36)48(7,8)9/h14-20,22-31,37,43,50H,10-13,21H2,1-9H3/b45-40-. The topological polar surface area (TPSA) is 17.0 Å². The van der Waals surface area contributed by atoms with Gasteiger partial charge in [0.2, 0.25) is 7.98 Å². The molecule has 1 aromatic heterocycles. The Bertz CT molecular complexity index is 1960. The fourth-order valence-electron chi connectivity index (χ4n) is 7.57. The third kappa shape index (κ3) is 7.69. The van der Waals surface area contributed by atoms with Gasteiger partial charge in [0, 0.05) is 34.1 Å². The van der Waals surface area contributed by atoms with Crippen molar-refractivity contribution in [3.05, 3.63) is 154 Å². The van der Waals surface area contributed by atoms with Crippen LogP contribution in [0.15, 0.2) is 114 Å². The molecule has 0 spiro atoms. The number of hydrogen-bond donors (Lipinski definition) is 1. The van der Waals surface area contributed by atoms with Crippen LogP contribution in [0.25, 0.3) is 22.3 Å². The van der Waals surface area contributed by atoms with Crippen molar-refractivity contribution in [2.24, 2.45) is 0 Å². The maximum absolute atomic E-state index is 7.33. The minimum atomic E-state index is 0.0463. The Morgan fingerprint density at radius 3 is 1.92 bits per heavy atom. The number of nitrogens with zero attached hydrogens (tertiary/aromatic N) is 1. The molecule has 0 saturated heterocycles. The van der Waals surface area contributed by atoms with Gasteiger partial charge in [0.25, 0.3) is 0 Å². The van der Waals surface area contributed by atoms with E-state index in [-0.39, 0.29) is 22.8 Å². The van der Waals surface area contributed by atoms with E-state index in [0.29, 0.717) is 0 Å². The summed E-state index contributed by atoms with van der Waals surface area (Å²) in [6.45, 7) is 20.4. The second kappa shape index (κ2) is 14.8. The van der Waals surface area contributed by atoms with Gasteiger partial charge in [-0.25, -0.2) is 0 Å². The number of rotatable bonds is 9. The molecule has 2 radical (unpaired) electrons. The molecule has 1 aliphatic carbocycles. The van der Waals surface area contributed by atoms with Crippen LogP contribution in [0.4, 0.5) is 0 Å². The average molecular weight is 673 g/mol. The third-order valence-corrected chi connectivity index (χ3v) is 10.9. The summed E-state index contributed by atoms with van der Waals surface area (Å²) in [6.07, 6.45) is 14.4. The van der Waals surface area contributed by atoms with E-state index in [2.05, 4.69) is 171 Å². The second-order valence-corrected chi connectivity index (χ2v) is 16.6. The zero-order valence-electron chi connectivity index (χ0n) is 32.5. The lowest BCUT2D eigenvalue weighted by Gasteiger charge is -2.23. The number of aryl methyl sites for hydroxylation is 1. The van der Waals surface area contributed by atoms with Crippen LogP contribution in [0.2, 0.25) is 0 Å². The van der Waals surface area contributed by atoms with Crippen LogP contribution in [0.5, 0.6) is 0 Å². The van der Waals surface area contributed by atoms with Crippen molar-refractivity contribution in [1.29, 1.82) is 0 Å². The molecule has 3 aromatic carbocycles. The molecule has 0 fully saturated rings. The molecular formula is C48H57BN2. The lowest BCUT2D eigenvalue weighted by atomic mass is 9.85. The third-order valence-electron chi connectivity index (χ3n) is 10.9. The molecule has 2 heterocycles. The van der Waals surface area contributed by atoms with E-state index in [4.69, 9.17) is 7.98 Å². The van der Waals surface area contributed by atoms with Gasteiger partial charge in [-0.05, 0) is 87.6 Å². The highest BCUT2D eigenvalue weighted by atomic mass is 15.0. The van der Waals surface area contributed by atoms with Gasteiger partial charge in [-0.15, -0.1) is 0 Å². The highest BCUT2D eigenvalue weighted by Crippen LogP contribution is 2.44. The van der Waals surface area contributed by atoms with Crippen molar-refractivity contribution in [2.75, 3.05) is 0 Å². The van der Waals surface area contributed by atoms with Crippen LogP contribution >= 0.6 is 0 Å². The smallest absolute Gasteiger partial charge is 0.234 e. The van der Waals surface area contributed by atoms with Gasteiger partial charge in [-0.1, -0.05) is 165 Å². The molecule has 51 heavy (non-hydrogen) atoms. The highest BCUT2D eigenvalue weighted by molar-refractivity contribution is 6.10. The maximum Gasteiger partial charge on any atom is 0.234 e. The molecule has 0 saturated carbocycles. The minimum Gasteiger partial charge on any atom is -0.400 e. The molecule has 6 rings (SSSR count). The Morgan fingerprint density at radius 1 is 0.784 bits per heavy atom. The molecule has 3 heteroatoms. The van der Waals surface area contributed by atoms with Gasteiger partial charge >= 0.3 is 0 Å². The maximum atomic E-state index is 7.33. The van der Waals surface area contributed by atoms with Crippen LogP contribution in [-0.4, -0.2) is 12.5 Å². The molecule has 1 N–H and O–H groups in total. The molecule has 2 atom stereocenters. The zero-order valence-corrected chi connectivity index (χ0v) is 32.5. The largest absolute Gasteiger partial charge is 0.400 e. The summed E-state index contributed by atoms with van der Waals surface area (Å²) >= 11 is 0. The van der Waals surface area contributed by atoms with Crippen LogP contribution in [0.3, 0.4) is 0 Å². The summed E-state index contributed by atoms with van der Waals surface area (Å²) < 4.78 is 2.02. The molecule has 1 aliphatic heterocycles. The van der Waals surface area contributed by atoms with E-state index in [0.717, 1.165) is 43.5 Å². The Morgan fingerprint density at radius 2 is 1.39 bits per heavy atom. The number of hydrogen-bond acceptors (Lipinski definition) is 1. The van der Waals surface area contributed by atoms with Gasteiger partial charge < -0.3 is 9.79 Å². The summed E-state index contributed by atoms with van der Waals surface area (Å²) in [6, 6.07) is 29.9. The van der Waals surface area contributed by atoms with Crippen molar-refractivity contribution in [1.82, 2.24) is 9.79 Å². The Kier molecular flexibility index (Phi) is 10.6. The molecule has 4 aromatic rings. The molecule has 2 unspecified atom stereocenters. The van der Waals surface area contributed by atoms with E-state index < -0.39 is 0 Å². The van der Waals surface area contributed by atoms with Gasteiger partial charge in [0.05, 0.1) is 6.04 Å². The first-order valence-electron chi connectivity index (χ1n) is 19.2. The lowest BCUT2D eigenvalue weighted by Crippen LogP contribution is -2.17. The van der Waals surface area contributed by atoms with Gasteiger partial charge in [0.15, 0.2) is 0 Å². The quantitative estimate of drug-likeness (QED) is 0.175. The summed E-state index contributed by atoms with van der Waals surface area (Å²) in [5.74, 6) is 0.228. The van der Waals surface area contributed by atoms with Crippen molar-refractivity contribution in [3.8, 4) is 11.1 Å². The van der Waals surface area contributed by atoms with Gasteiger partial charge in [0.1, 0.15) is 0 Å². The summed E-state index contributed by atoms with van der Waals surface area (Å²) in [5.41, 5.74) is 16.5. The fraction of sp³-hybridized carbons (Fsp3) is 0.375. The molecule has 2 nitrogen and oxygen atoms in total. The van der Waals surface area contributed by atoms with Crippen LogP contribution in [-0.2, 0) is 17.3 Å². The molecule has 2 aliphatic rings. The Labute approximate surface area is 309 Å². The van der Waals surface area contributed by atoms with Gasteiger partial charge in [-0.3, -0.25) is 0 Å². The summed E-state index contributed by atoms with van der Waals surface area (Å²) in [7, 11) is 7.33. The van der Waals surface area contributed by atoms with E-state index in [9.17, 15) is 0 Å². The molecule has 0 amide bonds. The SMILES string of the molecule is [B]n1c(C2C=CC(CC)=CC2)cc(-c2ccc(CC)cc2)c1/C(CCC)=C1\NC(c2ccc(C(C)(C)C)cc2)C=C1c1ccc(C(C)(C)C)cc1. The number of nitrogens with one attached hydrogen (secondary N) is 1. The van der Waals surface area contributed by atoms with Gasteiger partial charge in [-0.2, -0.15) is 0 Å². The van der Waals surface area contributed by atoms with E-state index in [1.54, 1.807) is 0 Å². The normalized spacial score (nSPS) is 18.8. The van der Waals surface area contributed by atoms with Crippen LogP contribution < -0.4 is 5.32 Å². The van der Waals surface area contributed by atoms with Crippen molar-refractivity contribution in [2.45, 2.75) is 117 Å². The van der Waals surface area contributed by atoms with Crippen LogP contribution in [0.1, 0.15) is 139 Å². The number of allylic oxidation sites excluding steroid dienone is 6. The highest BCUT2D eigenvalue weighted by Gasteiger charge is 2.30. The summed E-state index contributed by atoms with van der Waals surface area (Å²) in [5, 5.41) is 4.06. The predicted octanol–water partition coefficient (Wildman–Crippen LogP) is 12.6. The Hall–Kier alpha value is -4.24. The van der Waals surface area contributed by atoms with E-state index in [1.807, 2.05) is 4.48 Å². The number of aromatic nitrogens is 1.